The van der Waals surface area contributed by atoms with Crippen LogP contribution in [0.5, 0.6) is 17.2 Å². The van der Waals surface area contributed by atoms with Gasteiger partial charge in [-0.1, -0.05) is 18.2 Å². The number of phenolic OH excluding ortho intramolecular Hbond substituents is 1. The van der Waals surface area contributed by atoms with Crippen LogP contribution in [0.4, 0.5) is 0 Å². The molecule has 0 radical (unpaired) electrons. The Balaban J connectivity index is 1.61. The smallest absolute Gasteiger partial charge is 0.160 e. The number of aliphatic hydroxyl groups is 1. The monoisotopic (exact) mass is 400 g/mol. The van der Waals surface area contributed by atoms with Gasteiger partial charge in [0.15, 0.2) is 11.5 Å². The molecule has 0 saturated carbocycles. The maximum atomic E-state index is 9.79. The van der Waals surface area contributed by atoms with Crippen LogP contribution in [0.1, 0.15) is 24.5 Å². The summed E-state index contributed by atoms with van der Waals surface area (Å²) in [6, 6.07) is 14.1. The van der Waals surface area contributed by atoms with E-state index >= 15 is 0 Å². The molecule has 2 N–H and O–H groups in total. The van der Waals surface area contributed by atoms with Gasteiger partial charge in [0.05, 0.1) is 13.7 Å². The van der Waals surface area contributed by atoms with Crippen LogP contribution < -0.4 is 9.47 Å². The van der Waals surface area contributed by atoms with E-state index in [0.717, 1.165) is 50.5 Å². The van der Waals surface area contributed by atoms with Gasteiger partial charge in [0.2, 0.25) is 0 Å². The van der Waals surface area contributed by atoms with Gasteiger partial charge in [-0.15, -0.1) is 0 Å². The quantitative estimate of drug-likeness (QED) is 0.675. The summed E-state index contributed by atoms with van der Waals surface area (Å²) in [6.07, 6.45) is 0.756. The normalized spacial score (nSPS) is 18.0. The van der Waals surface area contributed by atoms with Crippen molar-refractivity contribution in [3.8, 4) is 17.2 Å². The lowest BCUT2D eigenvalue weighted by Crippen LogP contribution is -2.52. The number of methoxy groups -OCH3 is 1. The predicted octanol–water partition coefficient (Wildman–Crippen LogP) is 2.87. The average molecular weight is 401 g/mol. The second-order valence-electron chi connectivity index (χ2n) is 7.45. The van der Waals surface area contributed by atoms with Gasteiger partial charge in [-0.05, 0) is 48.7 Å². The zero-order valence-corrected chi connectivity index (χ0v) is 17.4. The lowest BCUT2D eigenvalue weighted by Gasteiger charge is -2.41. The van der Waals surface area contributed by atoms with Crippen molar-refractivity contribution in [1.29, 1.82) is 0 Å². The van der Waals surface area contributed by atoms with Crippen molar-refractivity contribution >= 4 is 0 Å². The van der Waals surface area contributed by atoms with Gasteiger partial charge in [0.25, 0.3) is 0 Å². The number of aromatic hydroxyl groups is 1. The molecule has 0 spiro atoms. The number of aliphatic hydroxyl groups excluding tert-OH is 1. The van der Waals surface area contributed by atoms with Crippen LogP contribution in [0.15, 0.2) is 42.5 Å². The van der Waals surface area contributed by atoms with Gasteiger partial charge >= 0.3 is 0 Å². The Morgan fingerprint density at radius 3 is 2.48 bits per heavy atom. The van der Waals surface area contributed by atoms with Crippen molar-refractivity contribution in [2.45, 2.75) is 32.5 Å². The predicted molar refractivity (Wildman–Crippen MR) is 113 cm³/mol. The fourth-order valence-corrected chi connectivity index (χ4v) is 3.90. The van der Waals surface area contributed by atoms with E-state index in [1.54, 1.807) is 13.2 Å². The molecule has 0 bridgehead atoms. The number of hydrogen-bond donors (Lipinski definition) is 2. The highest BCUT2D eigenvalue weighted by molar-refractivity contribution is 5.41. The first-order valence-corrected chi connectivity index (χ1v) is 10.3. The minimum Gasteiger partial charge on any atom is -0.504 e. The highest BCUT2D eigenvalue weighted by Crippen LogP contribution is 2.27. The maximum Gasteiger partial charge on any atom is 0.160 e. The van der Waals surface area contributed by atoms with E-state index in [1.807, 2.05) is 31.2 Å². The largest absolute Gasteiger partial charge is 0.504 e. The van der Waals surface area contributed by atoms with Crippen LogP contribution in [0.2, 0.25) is 0 Å². The number of hydrogen-bond acceptors (Lipinski definition) is 6. The van der Waals surface area contributed by atoms with Gasteiger partial charge in [0, 0.05) is 45.4 Å². The molecule has 1 saturated heterocycles. The average Bonchev–Trinajstić information content (AvgIpc) is 2.73. The molecule has 158 valence electrons. The van der Waals surface area contributed by atoms with Crippen molar-refractivity contribution in [1.82, 2.24) is 9.80 Å². The molecule has 2 aromatic rings. The molecule has 0 aliphatic carbocycles. The van der Waals surface area contributed by atoms with Gasteiger partial charge in [0.1, 0.15) is 5.75 Å². The number of piperazine rings is 1. The number of nitrogens with zero attached hydrogens (tertiary/aromatic N) is 2. The third-order valence-corrected chi connectivity index (χ3v) is 5.42. The number of rotatable bonds is 9. The molecule has 0 unspecified atom stereocenters. The van der Waals surface area contributed by atoms with Gasteiger partial charge in [-0.2, -0.15) is 0 Å². The van der Waals surface area contributed by atoms with Crippen LogP contribution in [-0.2, 0) is 13.1 Å². The molecule has 6 nitrogen and oxygen atoms in total. The lowest BCUT2D eigenvalue weighted by atomic mass is 10.1. The summed E-state index contributed by atoms with van der Waals surface area (Å²) in [5, 5.41) is 19.4. The summed E-state index contributed by atoms with van der Waals surface area (Å²) in [7, 11) is 1.57. The van der Waals surface area contributed by atoms with Crippen LogP contribution in [0, 0.1) is 0 Å². The fraction of sp³-hybridized carbons (Fsp3) is 0.478. The summed E-state index contributed by atoms with van der Waals surface area (Å²) in [4.78, 5) is 4.86. The third-order valence-electron chi connectivity index (χ3n) is 5.42. The summed E-state index contributed by atoms with van der Waals surface area (Å²) < 4.78 is 10.7. The number of phenols is 1. The van der Waals surface area contributed by atoms with E-state index < -0.39 is 0 Å². The van der Waals surface area contributed by atoms with Crippen molar-refractivity contribution in [2.24, 2.45) is 0 Å². The van der Waals surface area contributed by atoms with Crippen LogP contribution >= 0.6 is 0 Å². The Labute approximate surface area is 173 Å². The number of ether oxygens (including phenoxy) is 2. The van der Waals surface area contributed by atoms with E-state index in [4.69, 9.17) is 9.47 Å². The lowest BCUT2D eigenvalue weighted by molar-refractivity contribution is 0.0499. The number of benzene rings is 2. The maximum absolute atomic E-state index is 9.79. The van der Waals surface area contributed by atoms with Crippen molar-refractivity contribution in [3.05, 3.63) is 53.6 Å². The molecule has 2 aromatic carbocycles. The minimum atomic E-state index is 0.162. The second-order valence-corrected chi connectivity index (χ2v) is 7.45. The Morgan fingerprint density at radius 1 is 1.03 bits per heavy atom. The SMILES string of the molecule is CCOc1ccc(CN2CCN(Cc3ccc(O)c(OC)c3)C[C@@H]2CCO)cc1. The van der Waals surface area contributed by atoms with Gasteiger partial charge < -0.3 is 19.7 Å². The standard InChI is InChI=1S/C23H32N2O4/c1-3-29-21-7-4-18(5-8-21)16-25-12-11-24(17-20(25)10-13-26)15-19-6-9-22(27)23(14-19)28-2/h4-9,14,20,26-27H,3,10-13,15-17H2,1-2H3/t20-/m0/s1. The van der Waals surface area contributed by atoms with Gasteiger partial charge in [-0.25, -0.2) is 0 Å². The molecule has 1 aliphatic rings. The third kappa shape index (κ3) is 5.85. The molecular formula is C23H32N2O4. The topological polar surface area (TPSA) is 65.4 Å². The zero-order chi connectivity index (χ0) is 20.6. The molecule has 0 amide bonds. The summed E-state index contributed by atoms with van der Waals surface area (Å²) in [5.74, 6) is 1.57. The first-order valence-electron chi connectivity index (χ1n) is 10.3. The first kappa shape index (κ1) is 21.4. The molecule has 29 heavy (non-hydrogen) atoms. The molecule has 6 heteroatoms. The summed E-state index contributed by atoms with van der Waals surface area (Å²) in [6.45, 7) is 7.34. The molecule has 1 atom stereocenters. The Morgan fingerprint density at radius 2 is 1.79 bits per heavy atom. The van der Waals surface area contributed by atoms with Gasteiger partial charge in [-0.3, -0.25) is 9.80 Å². The summed E-state index contributed by atoms with van der Waals surface area (Å²) in [5.41, 5.74) is 2.37. The molecule has 1 fully saturated rings. The van der Waals surface area contributed by atoms with Crippen molar-refractivity contribution in [3.63, 3.8) is 0 Å². The van der Waals surface area contributed by atoms with E-state index in [-0.39, 0.29) is 12.4 Å². The zero-order valence-electron chi connectivity index (χ0n) is 17.4. The minimum absolute atomic E-state index is 0.162. The Bertz CT molecular complexity index is 766. The Kier molecular flexibility index (Phi) is 7.75. The molecular weight excluding hydrogens is 368 g/mol. The van der Waals surface area contributed by atoms with E-state index in [0.29, 0.717) is 18.4 Å². The first-order chi connectivity index (χ1) is 14.1. The van der Waals surface area contributed by atoms with E-state index in [1.165, 1.54) is 5.56 Å². The highest BCUT2D eigenvalue weighted by atomic mass is 16.5. The van der Waals surface area contributed by atoms with Crippen molar-refractivity contribution < 1.29 is 19.7 Å². The Hall–Kier alpha value is -2.28. The highest BCUT2D eigenvalue weighted by Gasteiger charge is 2.26. The molecule has 1 heterocycles. The van der Waals surface area contributed by atoms with Crippen LogP contribution in [-0.4, -0.2) is 66.0 Å². The van der Waals surface area contributed by atoms with E-state index in [2.05, 4.69) is 21.9 Å². The van der Waals surface area contributed by atoms with Crippen molar-refractivity contribution in [2.75, 3.05) is 40.0 Å². The second kappa shape index (κ2) is 10.5. The van der Waals surface area contributed by atoms with Crippen LogP contribution in [0.3, 0.4) is 0 Å². The van der Waals surface area contributed by atoms with Crippen LogP contribution in [0.25, 0.3) is 0 Å². The van der Waals surface area contributed by atoms with E-state index in [9.17, 15) is 10.2 Å². The molecule has 1 aliphatic heterocycles. The summed E-state index contributed by atoms with van der Waals surface area (Å²) >= 11 is 0. The fourth-order valence-electron chi connectivity index (χ4n) is 3.90. The molecule has 3 rings (SSSR count). The molecule has 0 aromatic heterocycles.